The van der Waals surface area contributed by atoms with Gasteiger partial charge >= 0.3 is 0 Å². The number of aromatic hydroxyl groups is 1. The number of carbonyl (C=O) groups is 1. The van der Waals surface area contributed by atoms with Gasteiger partial charge in [0.2, 0.25) is 5.91 Å². The van der Waals surface area contributed by atoms with Gasteiger partial charge in [0, 0.05) is 19.3 Å². The maximum Gasteiger partial charge on any atom is 0.238 e. The fraction of sp³-hybridized carbons (Fsp3) is 0.217. The van der Waals surface area contributed by atoms with Crippen molar-refractivity contribution in [2.45, 2.75) is 32.1 Å². The van der Waals surface area contributed by atoms with Crippen molar-refractivity contribution in [1.29, 1.82) is 0 Å². The lowest BCUT2D eigenvalue weighted by Gasteiger charge is -2.36. The van der Waals surface area contributed by atoms with E-state index in [0.717, 1.165) is 17.8 Å². The van der Waals surface area contributed by atoms with Crippen molar-refractivity contribution >= 4 is 5.91 Å². The molecule has 2 N–H and O–H groups in total. The highest BCUT2D eigenvalue weighted by Gasteiger charge is 2.31. The summed E-state index contributed by atoms with van der Waals surface area (Å²) < 4.78 is 0. The molecule has 0 aliphatic carbocycles. The number of carbonyl (C=O) groups excluding carboxylic acids is 1. The molecule has 1 atom stereocenters. The number of fused-ring (bicyclic) bond motifs is 1. The molecule has 5 nitrogen and oxygen atoms in total. The molecule has 0 fully saturated rings. The summed E-state index contributed by atoms with van der Waals surface area (Å²) in [5.74, 6) is 0.260. The van der Waals surface area contributed by atoms with Crippen molar-refractivity contribution in [2.75, 3.05) is 0 Å². The average Bonchev–Trinajstić information content (AvgIpc) is 2.74. The van der Waals surface area contributed by atoms with E-state index in [1.54, 1.807) is 18.3 Å². The Kier molecular flexibility index (Phi) is 5.35. The Balaban J connectivity index is 1.52. The van der Waals surface area contributed by atoms with Crippen molar-refractivity contribution in [1.82, 2.24) is 15.2 Å². The van der Waals surface area contributed by atoms with Crippen molar-refractivity contribution in [3.05, 3.63) is 95.3 Å². The van der Waals surface area contributed by atoms with Crippen molar-refractivity contribution in [2.24, 2.45) is 0 Å². The molecule has 4 rings (SSSR count). The van der Waals surface area contributed by atoms with Crippen molar-refractivity contribution in [3.63, 3.8) is 0 Å². The molecule has 5 heteroatoms. The van der Waals surface area contributed by atoms with Crippen LogP contribution in [0.15, 0.2) is 72.9 Å². The number of phenols is 1. The van der Waals surface area contributed by atoms with Crippen molar-refractivity contribution in [3.8, 4) is 5.75 Å². The summed E-state index contributed by atoms with van der Waals surface area (Å²) in [4.78, 5) is 19.5. The lowest BCUT2D eigenvalue weighted by atomic mass is 9.93. The Morgan fingerprint density at radius 2 is 1.79 bits per heavy atom. The number of benzene rings is 2. The van der Waals surface area contributed by atoms with E-state index < -0.39 is 0 Å². The van der Waals surface area contributed by atoms with Crippen LogP contribution in [-0.2, 0) is 30.8 Å². The number of amides is 1. The Bertz CT molecular complexity index is 942. The predicted octanol–water partition coefficient (Wildman–Crippen LogP) is 3.03. The molecule has 1 amide bonds. The van der Waals surface area contributed by atoms with Crippen LogP contribution in [0.4, 0.5) is 0 Å². The number of nitrogens with one attached hydrogen (secondary N) is 1. The van der Waals surface area contributed by atoms with Crippen LogP contribution in [0.5, 0.6) is 5.75 Å². The summed E-state index contributed by atoms with van der Waals surface area (Å²) in [5, 5.41) is 12.6. The Morgan fingerprint density at radius 3 is 2.54 bits per heavy atom. The SMILES string of the molecule is O=C(NCc1ccccn1)C1Cc2ccccc2CN1Cc1ccc(O)cc1. The zero-order valence-electron chi connectivity index (χ0n) is 15.6. The van der Waals surface area contributed by atoms with Crippen LogP contribution in [0.25, 0.3) is 0 Å². The molecule has 1 aromatic heterocycles. The maximum absolute atomic E-state index is 13.0. The molecular formula is C23H23N3O2. The Labute approximate surface area is 164 Å². The second kappa shape index (κ2) is 8.23. The Morgan fingerprint density at radius 1 is 1.04 bits per heavy atom. The van der Waals surface area contributed by atoms with E-state index in [0.29, 0.717) is 19.5 Å². The smallest absolute Gasteiger partial charge is 0.238 e. The molecule has 0 spiro atoms. The van der Waals surface area contributed by atoms with Gasteiger partial charge in [-0.1, -0.05) is 42.5 Å². The molecule has 0 radical (unpaired) electrons. The lowest BCUT2D eigenvalue weighted by molar-refractivity contribution is -0.127. The first-order valence-electron chi connectivity index (χ1n) is 9.45. The van der Waals surface area contributed by atoms with Gasteiger partial charge in [-0.15, -0.1) is 0 Å². The molecule has 1 aliphatic heterocycles. The zero-order valence-corrected chi connectivity index (χ0v) is 15.6. The van der Waals surface area contributed by atoms with Gasteiger partial charge in [0.15, 0.2) is 0 Å². The summed E-state index contributed by atoms with van der Waals surface area (Å²) in [6.07, 6.45) is 2.41. The second-order valence-electron chi connectivity index (χ2n) is 7.10. The molecular weight excluding hydrogens is 350 g/mol. The first-order valence-corrected chi connectivity index (χ1v) is 9.45. The van der Waals surface area contributed by atoms with Crippen LogP contribution in [0.2, 0.25) is 0 Å². The number of aromatic nitrogens is 1. The fourth-order valence-corrected chi connectivity index (χ4v) is 3.64. The molecule has 1 aliphatic rings. The maximum atomic E-state index is 13.0. The summed E-state index contributed by atoms with van der Waals surface area (Å²) in [6.45, 7) is 1.79. The van der Waals surface area contributed by atoms with Gasteiger partial charge in [0.25, 0.3) is 0 Å². The van der Waals surface area contributed by atoms with Crippen LogP contribution in [0.1, 0.15) is 22.4 Å². The normalized spacial score (nSPS) is 16.4. The number of phenolic OH excluding ortho intramolecular Hbond substituents is 1. The zero-order chi connectivity index (χ0) is 19.3. The number of rotatable bonds is 5. The molecule has 1 unspecified atom stereocenters. The van der Waals surface area contributed by atoms with E-state index in [1.165, 1.54) is 11.1 Å². The van der Waals surface area contributed by atoms with E-state index in [1.807, 2.05) is 42.5 Å². The molecule has 2 heterocycles. The molecule has 0 bridgehead atoms. The highest BCUT2D eigenvalue weighted by Crippen LogP contribution is 2.25. The molecule has 28 heavy (non-hydrogen) atoms. The average molecular weight is 373 g/mol. The lowest BCUT2D eigenvalue weighted by Crippen LogP contribution is -2.49. The number of hydrogen-bond acceptors (Lipinski definition) is 4. The monoisotopic (exact) mass is 373 g/mol. The summed E-state index contributed by atoms with van der Waals surface area (Å²) in [6, 6.07) is 20.9. The van der Waals surface area contributed by atoms with Crippen LogP contribution in [-0.4, -0.2) is 26.9 Å². The highest BCUT2D eigenvalue weighted by molar-refractivity contribution is 5.82. The van der Waals surface area contributed by atoms with Crippen LogP contribution >= 0.6 is 0 Å². The minimum absolute atomic E-state index is 0.0129. The van der Waals surface area contributed by atoms with E-state index in [9.17, 15) is 9.90 Å². The van der Waals surface area contributed by atoms with Crippen LogP contribution < -0.4 is 5.32 Å². The molecule has 0 saturated carbocycles. The van der Waals surface area contributed by atoms with Gasteiger partial charge < -0.3 is 10.4 Å². The fourth-order valence-electron chi connectivity index (χ4n) is 3.64. The first kappa shape index (κ1) is 18.2. The summed E-state index contributed by atoms with van der Waals surface area (Å²) in [5.41, 5.74) is 4.40. The van der Waals surface area contributed by atoms with Gasteiger partial charge in [-0.3, -0.25) is 14.7 Å². The molecule has 3 aromatic rings. The van der Waals surface area contributed by atoms with E-state index >= 15 is 0 Å². The van der Waals surface area contributed by atoms with E-state index in [4.69, 9.17) is 0 Å². The summed E-state index contributed by atoms with van der Waals surface area (Å²) in [7, 11) is 0. The van der Waals surface area contributed by atoms with Crippen LogP contribution in [0.3, 0.4) is 0 Å². The standard InChI is InChI=1S/C23H23N3O2/c27-21-10-8-17(9-11-21)15-26-16-19-6-2-1-5-18(19)13-22(26)23(28)25-14-20-7-3-4-12-24-20/h1-12,22,27H,13-16H2,(H,25,28). The first-order chi connectivity index (χ1) is 13.7. The Hall–Kier alpha value is -3.18. The third-order valence-electron chi connectivity index (χ3n) is 5.14. The van der Waals surface area contributed by atoms with Gasteiger partial charge in [0.05, 0.1) is 18.3 Å². The van der Waals surface area contributed by atoms with Gasteiger partial charge in [-0.25, -0.2) is 0 Å². The molecule has 0 saturated heterocycles. The van der Waals surface area contributed by atoms with Gasteiger partial charge in [0.1, 0.15) is 5.75 Å². The minimum atomic E-state index is -0.243. The van der Waals surface area contributed by atoms with Gasteiger partial charge in [-0.05, 0) is 47.4 Å². The largest absolute Gasteiger partial charge is 0.508 e. The quantitative estimate of drug-likeness (QED) is 0.722. The topological polar surface area (TPSA) is 65.5 Å². The number of hydrogen-bond donors (Lipinski definition) is 2. The van der Waals surface area contributed by atoms with E-state index in [-0.39, 0.29) is 17.7 Å². The number of nitrogens with zero attached hydrogens (tertiary/aromatic N) is 2. The third-order valence-corrected chi connectivity index (χ3v) is 5.14. The minimum Gasteiger partial charge on any atom is -0.508 e. The van der Waals surface area contributed by atoms with Crippen LogP contribution in [0, 0.1) is 0 Å². The number of pyridine rings is 1. The second-order valence-corrected chi connectivity index (χ2v) is 7.10. The molecule has 2 aromatic carbocycles. The van der Waals surface area contributed by atoms with Gasteiger partial charge in [-0.2, -0.15) is 0 Å². The highest BCUT2D eigenvalue weighted by atomic mass is 16.3. The summed E-state index contributed by atoms with van der Waals surface area (Å²) >= 11 is 0. The molecule has 142 valence electrons. The third kappa shape index (κ3) is 4.21. The predicted molar refractivity (Wildman–Crippen MR) is 107 cm³/mol. The van der Waals surface area contributed by atoms with E-state index in [2.05, 4.69) is 27.3 Å². The van der Waals surface area contributed by atoms with Crippen molar-refractivity contribution < 1.29 is 9.90 Å².